The molecule has 0 radical (unpaired) electrons. The molecule has 0 saturated heterocycles. The molecule has 0 atom stereocenters. The van der Waals surface area contributed by atoms with E-state index in [0.717, 1.165) is 3.57 Å². The van der Waals surface area contributed by atoms with Gasteiger partial charge in [-0.2, -0.15) is 0 Å². The van der Waals surface area contributed by atoms with Gasteiger partial charge in [-0.3, -0.25) is 4.79 Å². The number of esters is 1. The molecule has 0 saturated carbocycles. The van der Waals surface area contributed by atoms with Crippen molar-refractivity contribution in [3.8, 4) is 17.2 Å². The van der Waals surface area contributed by atoms with Crippen molar-refractivity contribution in [2.75, 3.05) is 0 Å². The largest absolute Gasteiger partial charge is 0.460 e. The van der Waals surface area contributed by atoms with E-state index in [1.165, 1.54) is 24.5 Å². The van der Waals surface area contributed by atoms with Crippen LogP contribution in [0.3, 0.4) is 0 Å². The summed E-state index contributed by atoms with van der Waals surface area (Å²) in [6, 6.07) is 18.5. The first-order valence-corrected chi connectivity index (χ1v) is 9.93. The SMILES string of the molecule is O=C(Oc1ccc2c(=O)c(Oc3ccccc3Cl)coc2c1)c1ccccc1I. The molecule has 4 aromatic rings. The molecule has 1 heterocycles. The number of rotatable bonds is 4. The number of carbonyl (C=O) groups excluding carboxylic acids is 1. The predicted molar refractivity (Wildman–Crippen MR) is 118 cm³/mol. The van der Waals surface area contributed by atoms with Crippen LogP contribution < -0.4 is 14.9 Å². The second kappa shape index (κ2) is 8.26. The van der Waals surface area contributed by atoms with Gasteiger partial charge in [-0.25, -0.2) is 4.79 Å². The van der Waals surface area contributed by atoms with E-state index >= 15 is 0 Å². The molecule has 0 spiro atoms. The summed E-state index contributed by atoms with van der Waals surface area (Å²) >= 11 is 8.14. The van der Waals surface area contributed by atoms with Gasteiger partial charge >= 0.3 is 5.97 Å². The molecule has 0 aliphatic rings. The Bertz CT molecular complexity index is 1280. The van der Waals surface area contributed by atoms with Gasteiger partial charge in [0, 0.05) is 9.64 Å². The fraction of sp³-hybridized carbons (Fsp3) is 0. The Balaban J connectivity index is 1.62. The van der Waals surface area contributed by atoms with Crippen molar-refractivity contribution in [2.24, 2.45) is 0 Å². The number of hydrogen-bond donors (Lipinski definition) is 0. The van der Waals surface area contributed by atoms with E-state index in [1.54, 1.807) is 36.4 Å². The van der Waals surface area contributed by atoms with E-state index in [9.17, 15) is 9.59 Å². The van der Waals surface area contributed by atoms with Gasteiger partial charge in [0.2, 0.25) is 11.2 Å². The Morgan fingerprint density at radius 3 is 2.52 bits per heavy atom. The average molecular weight is 519 g/mol. The van der Waals surface area contributed by atoms with E-state index < -0.39 is 5.97 Å². The Morgan fingerprint density at radius 1 is 0.966 bits per heavy atom. The number of hydrogen-bond acceptors (Lipinski definition) is 5. The number of fused-ring (bicyclic) bond motifs is 1. The topological polar surface area (TPSA) is 65.7 Å². The van der Waals surface area contributed by atoms with Gasteiger partial charge in [0.1, 0.15) is 23.3 Å². The van der Waals surface area contributed by atoms with E-state index in [0.29, 0.717) is 21.7 Å². The molecule has 0 bridgehead atoms. The van der Waals surface area contributed by atoms with Crippen LogP contribution in [-0.2, 0) is 0 Å². The minimum Gasteiger partial charge on any atom is -0.460 e. The van der Waals surface area contributed by atoms with Crippen LogP contribution in [0, 0.1) is 3.57 Å². The van der Waals surface area contributed by atoms with Crippen LogP contribution in [0.15, 0.2) is 82.2 Å². The van der Waals surface area contributed by atoms with Crippen LogP contribution in [-0.4, -0.2) is 5.97 Å². The molecule has 0 fully saturated rings. The number of carbonyl (C=O) groups is 1. The highest BCUT2D eigenvalue weighted by atomic mass is 127. The van der Waals surface area contributed by atoms with Crippen molar-refractivity contribution in [3.63, 3.8) is 0 Å². The van der Waals surface area contributed by atoms with E-state index in [4.69, 9.17) is 25.5 Å². The summed E-state index contributed by atoms with van der Waals surface area (Å²) in [6.45, 7) is 0. The van der Waals surface area contributed by atoms with Crippen molar-refractivity contribution in [2.45, 2.75) is 0 Å². The first-order valence-electron chi connectivity index (χ1n) is 8.47. The zero-order valence-corrected chi connectivity index (χ0v) is 17.6. The second-order valence-corrected chi connectivity index (χ2v) is 7.56. The van der Waals surface area contributed by atoms with Gasteiger partial charge in [0.25, 0.3) is 0 Å². The highest BCUT2D eigenvalue weighted by Crippen LogP contribution is 2.29. The van der Waals surface area contributed by atoms with Crippen LogP contribution >= 0.6 is 34.2 Å². The normalized spacial score (nSPS) is 10.7. The van der Waals surface area contributed by atoms with E-state index in [2.05, 4.69) is 22.6 Å². The van der Waals surface area contributed by atoms with Crippen molar-refractivity contribution >= 4 is 51.1 Å². The first-order chi connectivity index (χ1) is 14.0. The minimum atomic E-state index is -0.490. The second-order valence-electron chi connectivity index (χ2n) is 5.99. The quantitative estimate of drug-likeness (QED) is 0.187. The van der Waals surface area contributed by atoms with Gasteiger partial charge < -0.3 is 13.9 Å². The molecule has 29 heavy (non-hydrogen) atoms. The van der Waals surface area contributed by atoms with Crippen LogP contribution in [0.4, 0.5) is 0 Å². The molecule has 1 aromatic heterocycles. The van der Waals surface area contributed by atoms with Gasteiger partial charge in [-0.1, -0.05) is 35.9 Å². The standard InChI is InChI=1S/C22H12ClIO5/c23-16-6-2-4-8-18(16)29-20-12-27-19-11-13(9-10-15(19)21(20)25)28-22(26)14-5-1-3-7-17(14)24/h1-12H. The number of ether oxygens (including phenoxy) is 2. The molecule has 7 heteroatoms. The van der Waals surface area contributed by atoms with Gasteiger partial charge in [0.15, 0.2) is 0 Å². The van der Waals surface area contributed by atoms with Crippen LogP contribution in [0.25, 0.3) is 11.0 Å². The monoisotopic (exact) mass is 518 g/mol. The predicted octanol–water partition coefficient (Wildman–Crippen LogP) is 6.06. The zero-order valence-electron chi connectivity index (χ0n) is 14.7. The van der Waals surface area contributed by atoms with E-state index in [1.807, 2.05) is 12.1 Å². The van der Waals surface area contributed by atoms with Gasteiger partial charge in [-0.15, -0.1) is 0 Å². The lowest BCUT2D eigenvalue weighted by Gasteiger charge is -2.08. The molecule has 0 N–H and O–H groups in total. The molecule has 3 aromatic carbocycles. The third kappa shape index (κ3) is 4.13. The number of halogens is 2. The fourth-order valence-electron chi connectivity index (χ4n) is 2.66. The molecule has 144 valence electrons. The molecule has 0 aliphatic heterocycles. The third-order valence-corrected chi connectivity index (χ3v) is 5.33. The molecule has 5 nitrogen and oxygen atoms in total. The third-order valence-electron chi connectivity index (χ3n) is 4.08. The molecule has 0 amide bonds. The maximum Gasteiger partial charge on any atom is 0.344 e. The summed E-state index contributed by atoms with van der Waals surface area (Å²) in [5.74, 6) is 0.137. The zero-order chi connectivity index (χ0) is 20.4. The lowest BCUT2D eigenvalue weighted by atomic mass is 10.2. The summed E-state index contributed by atoms with van der Waals surface area (Å²) in [5, 5.41) is 0.674. The smallest absolute Gasteiger partial charge is 0.344 e. The minimum absolute atomic E-state index is 0.00850. The fourth-order valence-corrected chi connectivity index (χ4v) is 3.44. The summed E-state index contributed by atoms with van der Waals surface area (Å²) < 4.78 is 17.3. The average Bonchev–Trinajstić information content (AvgIpc) is 2.72. The van der Waals surface area contributed by atoms with Gasteiger partial charge in [-0.05, 0) is 59.0 Å². The van der Waals surface area contributed by atoms with Crippen molar-refractivity contribution in [1.29, 1.82) is 0 Å². The lowest BCUT2D eigenvalue weighted by Crippen LogP contribution is -2.10. The van der Waals surface area contributed by atoms with Crippen molar-refractivity contribution in [1.82, 2.24) is 0 Å². The summed E-state index contributed by atoms with van der Waals surface area (Å²) in [4.78, 5) is 25.1. The van der Waals surface area contributed by atoms with Crippen LogP contribution in [0.1, 0.15) is 10.4 Å². The lowest BCUT2D eigenvalue weighted by molar-refractivity contribution is 0.0734. The van der Waals surface area contributed by atoms with E-state index in [-0.39, 0.29) is 22.5 Å². The maximum atomic E-state index is 12.7. The molecule has 0 aliphatic carbocycles. The van der Waals surface area contributed by atoms with Gasteiger partial charge in [0.05, 0.1) is 16.0 Å². The highest BCUT2D eigenvalue weighted by Gasteiger charge is 2.15. The van der Waals surface area contributed by atoms with Crippen LogP contribution in [0.5, 0.6) is 17.2 Å². The molecular weight excluding hydrogens is 507 g/mol. The van der Waals surface area contributed by atoms with Crippen molar-refractivity contribution in [3.05, 3.63) is 97.4 Å². The Hall–Kier alpha value is -2.84. The molecular formula is C22H12ClIO5. The number of para-hydroxylation sites is 1. The highest BCUT2D eigenvalue weighted by molar-refractivity contribution is 14.1. The Morgan fingerprint density at radius 2 is 1.72 bits per heavy atom. The summed E-state index contributed by atoms with van der Waals surface area (Å²) in [7, 11) is 0. The summed E-state index contributed by atoms with van der Waals surface area (Å²) in [6.07, 6.45) is 1.21. The first kappa shape index (κ1) is 19.5. The Labute approximate surface area is 184 Å². The Kier molecular flexibility index (Phi) is 5.55. The number of benzene rings is 3. The summed E-state index contributed by atoms with van der Waals surface area (Å²) in [5.41, 5.74) is 0.370. The van der Waals surface area contributed by atoms with Crippen molar-refractivity contribution < 1.29 is 18.7 Å². The maximum absolute atomic E-state index is 12.7. The molecule has 4 rings (SSSR count). The van der Waals surface area contributed by atoms with Crippen LogP contribution in [0.2, 0.25) is 5.02 Å². The molecule has 0 unspecified atom stereocenters.